The lowest BCUT2D eigenvalue weighted by Crippen LogP contribution is -2.05. The van der Waals surface area contributed by atoms with E-state index >= 15 is 0 Å². The molecule has 0 bridgehead atoms. The smallest absolute Gasteiger partial charge is 0.336 e. The van der Waals surface area contributed by atoms with Crippen LogP contribution in [0, 0.1) is 0 Å². The van der Waals surface area contributed by atoms with Gasteiger partial charge in [0.05, 0.1) is 27.1 Å². The summed E-state index contributed by atoms with van der Waals surface area (Å²) in [6.45, 7) is 2.76. The largest absolute Gasteiger partial charge is 0.478 e. The van der Waals surface area contributed by atoms with Crippen LogP contribution < -0.4 is 0 Å². The van der Waals surface area contributed by atoms with Crippen molar-refractivity contribution in [2.45, 2.75) is 26.3 Å². The number of rotatable bonds is 7. The number of nitrogens with zero attached hydrogens (tertiary/aromatic N) is 4. The van der Waals surface area contributed by atoms with E-state index in [1.54, 1.807) is 12.1 Å². The highest BCUT2D eigenvalue weighted by Crippen LogP contribution is 2.33. The van der Waals surface area contributed by atoms with Crippen molar-refractivity contribution in [2.75, 3.05) is 0 Å². The van der Waals surface area contributed by atoms with Gasteiger partial charge in [0.1, 0.15) is 17.2 Å². The van der Waals surface area contributed by atoms with E-state index in [0.717, 1.165) is 63.2 Å². The molecule has 2 heterocycles. The van der Waals surface area contributed by atoms with Gasteiger partial charge in [-0.15, -0.1) is 0 Å². The molecule has 1 N–H and O–H groups in total. The minimum absolute atomic E-state index is 0.292. The van der Waals surface area contributed by atoms with E-state index in [1.807, 2.05) is 67.7 Å². The number of aromatic carboxylic acids is 1. The van der Waals surface area contributed by atoms with Crippen molar-refractivity contribution in [2.24, 2.45) is 7.05 Å². The second-order valence-corrected chi connectivity index (χ2v) is 10.1. The molecule has 6 nitrogen and oxygen atoms in total. The number of aryl methyl sites for hydroxylation is 2. The second kappa shape index (κ2) is 10.0. The van der Waals surface area contributed by atoms with Crippen molar-refractivity contribution in [3.8, 4) is 22.5 Å². The lowest BCUT2D eigenvalue weighted by molar-refractivity contribution is 0.0697. The van der Waals surface area contributed by atoms with E-state index in [4.69, 9.17) is 21.6 Å². The molecule has 7 heteroatoms. The number of carboxylic acids is 1. The number of benzene rings is 4. The van der Waals surface area contributed by atoms with Crippen LogP contribution in [0.5, 0.6) is 0 Å². The SMILES string of the molecule is CCCc1nc2c(Cl)cc(-c3nc4ccccc4n3C)cc2n1Cc1ccc(-c2ccccc2C(=O)O)cc1. The van der Waals surface area contributed by atoms with Crippen LogP contribution in [0.2, 0.25) is 5.02 Å². The normalized spacial score (nSPS) is 11.5. The summed E-state index contributed by atoms with van der Waals surface area (Å²) < 4.78 is 4.32. The van der Waals surface area contributed by atoms with Gasteiger partial charge in [0.15, 0.2) is 0 Å². The molecule has 194 valence electrons. The number of aromatic nitrogens is 4. The Morgan fingerprint density at radius 3 is 2.38 bits per heavy atom. The topological polar surface area (TPSA) is 72.9 Å². The molecule has 0 fully saturated rings. The summed E-state index contributed by atoms with van der Waals surface area (Å²) in [6.07, 6.45) is 1.79. The van der Waals surface area contributed by atoms with Crippen molar-refractivity contribution in [1.82, 2.24) is 19.1 Å². The first-order chi connectivity index (χ1) is 18.9. The lowest BCUT2D eigenvalue weighted by atomic mass is 9.99. The Balaban J connectivity index is 1.42. The number of imidazole rings is 2. The van der Waals surface area contributed by atoms with Crippen LogP contribution >= 0.6 is 11.6 Å². The van der Waals surface area contributed by atoms with Crippen LogP contribution in [0.3, 0.4) is 0 Å². The summed E-state index contributed by atoms with van der Waals surface area (Å²) in [5, 5.41) is 10.2. The molecule has 0 saturated carbocycles. The Bertz CT molecular complexity index is 1850. The van der Waals surface area contributed by atoms with Crippen LogP contribution in [-0.2, 0) is 20.0 Å². The van der Waals surface area contributed by atoms with Crippen LogP contribution in [0.4, 0.5) is 0 Å². The van der Waals surface area contributed by atoms with Crippen molar-refractivity contribution < 1.29 is 9.90 Å². The highest BCUT2D eigenvalue weighted by Gasteiger charge is 2.18. The number of carbonyl (C=O) groups is 1. The van der Waals surface area contributed by atoms with Crippen LogP contribution in [0.25, 0.3) is 44.6 Å². The molecule has 4 aromatic carbocycles. The van der Waals surface area contributed by atoms with Crippen molar-refractivity contribution in [3.05, 3.63) is 107 Å². The maximum atomic E-state index is 11.7. The number of halogens is 1. The van der Waals surface area contributed by atoms with Gasteiger partial charge in [-0.2, -0.15) is 0 Å². The molecular formula is C32H27ClN4O2. The molecule has 0 aliphatic carbocycles. The Labute approximate surface area is 231 Å². The van der Waals surface area contributed by atoms with Gasteiger partial charge in [0, 0.05) is 25.6 Å². The second-order valence-electron chi connectivity index (χ2n) is 9.72. The predicted molar refractivity (Wildman–Crippen MR) is 156 cm³/mol. The summed E-state index contributed by atoms with van der Waals surface area (Å²) >= 11 is 6.82. The number of fused-ring (bicyclic) bond motifs is 2. The monoisotopic (exact) mass is 534 g/mol. The fourth-order valence-corrected chi connectivity index (χ4v) is 5.50. The van der Waals surface area contributed by atoms with Crippen molar-refractivity contribution >= 4 is 39.6 Å². The lowest BCUT2D eigenvalue weighted by Gasteiger charge is -2.12. The predicted octanol–water partition coefficient (Wildman–Crippen LogP) is 7.61. The molecule has 0 radical (unpaired) electrons. The summed E-state index contributed by atoms with van der Waals surface area (Å²) in [5.41, 5.74) is 7.65. The molecule has 6 rings (SSSR count). The molecule has 6 aromatic rings. The van der Waals surface area contributed by atoms with Gasteiger partial charge >= 0.3 is 5.97 Å². The summed E-state index contributed by atoms with van der Waals surface area (Å²) in [4.78, 5) is 21.5. The van der Waals surface area contributed by atoms with Gasteiger partial charge < -0.3 is 14.2 Å². The summed E-state index contributed by atoms with van der Waals surface area (Å²) in [5.74, 6) is 0.903. The zero-order valence-corrected chi connectivity index (χ0v) is 22.5. The molecule has 0 aliphatic rings. The third kappa shape index (κ3) is 4.47. The Morgan fingerprint density at radius 1 is 0.897 bits per heavy atom. The van der Waals surface area contributed by atoms with Gasteiger partial charge in [-0.3, -0.25) is 0 Å². The van der Waals surface area contributed by atoms with E-state index in [-0.39, 0.29) is 0 Å². The number of hydrogen-bond donors (Lipinski definition) is 1. The molecular weight excluding hydrogens is 508 g/mol. The highest BCUT2D eigenvalue weighted by atomic mass is 35.5. The Hall–Kier alpha value is -4.42. The highest BCUT2D eigenvalue weighted by molar-refractivity contribution is 6.35. The number of carboxylic acid groups (broad SMARTS) is 1. The van der Waals surface area contributed by atoms with Crippen LogP contribution in [0.1, 0.15) is 35.1 Å². The molecule has 0 saturated heterocycles. The molecule has 2 aromatic heterocycles. The zero-order valence-electron chi connectivity index (χ0n) is 21.7. The quantitative estimate of drug-likeness (QED) is 0.229. The average molecular weight is 535 g/mol. The Kier molecular flexibility index (Phi) is 6.41. The van der Waals surface area contributed by atoms with Crippen LogP contribution in [-0.4, -0.2) is 30.2 Å². The number of para-hydroxylation sites is 2. The van der Waals surface area contributed by atoms with Gasteiger partial charge in [0.25, 0.3) is 0 Å². The summed E-state index contributed by atoms with van der Waals surface area (Å²) in [7, 11) is 2.02. The molecule has 0 spiro atoms. The average Bonchev–Trinajstić information content (AvgIpc) is 3.47. The first-order valence-corrected chi connectivity index (χ1v) is 13.3. The van der Waals surface area contributed by atoms with Crippen molar-refractivity contribution in [1.29, 1.82) is 0 Å². The first kappa shape index (κ1) is 24.9. The molecule has 0 atom stereocenters. The maximum Gasteiger partial charge on any atom is 0.336 e. The maximum absolute atomic E-state index is 11.7. The van der Waals surface area contributed by atoms with E-state index in [9.17, 15) is 9.90 Å². The zero-order chi connectivity index (χ0) is 27.1. The standard InChI is InChI=1S/C32H27ClN4O2/c1-3-8-29-35-30-25(33)17-22(31-34-26-11-6-7-12-27(26)36(31)2)18-28(30)37(29)19-20-13-15-21(16-14-20)23-9-4-5-10-24(23)32(38)39/h4-7,9-18H,3,8,19H2,1-2H3,(H,38,39). The van der Waals surface area contributed by atoms with E-state index < -0.39 is 5.97 Å². The van der Waals surface area contributed by atoms with E-state index in [1.165, 1.54) is 0 Å². The van der Waals surface area contributed by atoms with Gasteiger partial charge in [-0.25, -0.2) is 14.8 Å². The fraction of sp³-hybridized carbons (Fsp3) is 0.156. The fourth-order valence-electron chi connectivity index (χ4n) is 5.25. The van der Waals surface area contributed by atoms with Gasteiger partial charge in [-0.05, 0) is 53.4 Å². The third-order valence-electron chi connectivity index (χ3n) is 7.17. The minimum Gasteiger partial charge on any atom is -0.478 e. The molecule has 0 unspecified atom stereocenters. The summed E-state index contributed by atoms with van der Waals surface area (Å²) in [6, 6.07) is 27.3. The van der Waals surface area contributed by atoms with Gasteiger partial charge in [-0.1, -0.05) is 73.1 Å². The third-order valence-corrected chi connectivity index (χ3v) is 7.46. The molecule has 39 heavy (non-hydrogen) atoms. The van der Waals surface area contributed by atoms with E-state index in [0.29, 0.717) is 22.7 Å². The minimum atomic E-state index is -0.933. The first-order valence-electron chi connectivity index (χ1n) is 13.0. The Morgan fingerprint density at radius 2 is 1.64 bits per heavy atom. The van der Waals surface area contributed by atoms with E-state index in [2.05, 4.69) is 28.2 Å². The molecule has 0 aliphatic heterocycles. The van der Waals surface area contributed by atoms with Crippen LogP contribution in [0.15, 0.2) is 84.9 Å². The van der Waals surface area contributed by atoms with Crippen molar-refractivity contribution in [3.63, 3.8) is 0 Å². The number of hydrogen-bond acceptors (Lipinski definition) is 3. The van der Waals surface area contributed by atoms with Gasteiger partial charge in [0.2, 0.25) is 0 Å². The molecule has 0 amide bonds.